The number of nitrogens with one attached hydrogen (secondary N) is 1. The fourth-order valence-electron chi connectivity index (χ4n) is 2.98. The fourth-order valence-corrected chi connectivity index (χ4v) is 2.98. The molecule has 1 aromatic carbocycles. The number of anilines is 1. The molecule has 1 N–H and O–H groups in total. The molecule has 0 aliphatic carbocycles. The van der Waals surface area contributed by atoms with Crippen molar-refractivity contribution < 1.29 is 9.21 Å². The smallest absolute Gasteiger partial charge is 0.227 e. The van der Waals surface area contributed by atoms with E-state index in [1.165, 1.54) is 0 Å². The lowest BCUT2D eigenvalue weighted by molar-refractivity contribution is -0.117. The van der Waals surface area contributed by atoms with E-state index in [0.29, 0.717) is 18.9 Å². The average molecular weight is 341 g/mol. The third kappa shape index (κ3) is 4.10. The lowest BCUT2D eigenvalue weighted by Gasteiger charge is -2.19. The molecule has 5 heteroatoms. The maximum absolute atomic E-state index is 11.9. The molecule has 0 saturated carbocycles. The zero-order valence-electron chi connectivity index (χ0n) is 15.5. The molecule has 1 aromatic heterocycles. The highest BCUT2D eigenvalue weighted by atomic mass is 16.4. The molecular formula is C20H27N3O2. The molecule has 2 heterocycles. The molecular weight excluding hydrogens is 314 g/mol. The first-order valence-corrected chi connectivity index (χ1v) is 8.93. The van der Waals surface area contributed by atoms with Gasteiger partial charge in [-0.1, -0.05) is 32.9 Å². The highest BCUT2D eigenvalue weighted by Crippen LogP contribution is 2.25. The number of carbonyl (C=O) groups excluding carboxylic acids is 1. The number of nitrogens with zero attached hydrogens (tertiary/aromatic N) is 2. The predicted molar refractivity (Wildman–Crippen MR) is 98.5 cm³/mol. The van der Waals surface area contributed by atoms with E-state index in [9.17, 15) is 4.79 Å². The maximum atomic E-state index is 11.9. The Balaban J connectivity index is 1.64. The van der Waals surface area contributed by atoms with Gasteiger partial charge in [-0.3, -0.25) is 4.79 Å². The standard InChI is InChI=1S/C20H27N3O2/c1-14(21-13-18-22-12-17(25-18)20(2,3)4)15-7-5-8-16(11-15)23-10-6-9-19(23)24/h5,7-8,11-12,14,21H,6,9-10,13H2,1-4H3/t14-/m1/s1. The lowest BCUT2D eigenvalue weighted by atomic mass is 9.94. The van der Waals surface area contributed by atoms with Crippen LogP contribution in [0.3, 0.4) is 0 Å². The third-order valence-electron chi connectivity index (χ3n) is 4.61. The molecule has 2 aromatic rings. The van der Waals surface area contributed by atoms with Gasteiger partial charge in [-0.2, -0.15) is 0 Å². The van der Waals surface area contributed by atoms with Crippen molar-refractivity contribution in [3.8, 4) is 0 Å². The average Bonchev–Trinajstić information content (AvgIpc) is 3.21. The van der Waals surface area contributed by atoms with Gasteiger partial charge in [-0.15, -0.1) is 0 Å². The van der Waals surface area contributed by atoms with Gasteiger partial charge in [0.1, 0.15) is 5.76 Å². The van der Waals surface area contributed by atoms with E-state index in [-0.39, 0.29) is 17.4 Å². The molecule has 1 amide bonds. The van der Waals surface area contributed by atoms with Crippen molar-refractivity contribution >= 4 is 11.6 Å². The van der Waals surface area contributed by atoms with Gasteiger partial charge in [0.2, 0.25) is 11.8 Å². The minimum atomic E-state index is -0.0343. The van der Waals surface area contributed by atoms with E-state index in [0.717, 1.165) is 30.0 Å². The van der Waals surface area contributed by atoms with Crippen molar-refractivity contribution in [3.05, 3.63) is 47.7 Å². The molecule has 1 fully saturated rings. The molecule has 0 spiro atoms. The Hall–Kier alpha value is -2.14. The van der Waals surface area contributed by atoms with E-state index < -0.39 is 0 Å². The van der Waals surface area contributed by atoms with Crippen molar-refractivity contribution in [1.82, 2.24) is 10.3 Å². The summed E-state index contributed by atoms with van der Waals surface area (Å²) in [6, 6.07) is 8.33. The van der Waals surface area contributed by atoms with Gasteiger partial charge < -0.3 is 14.6 Å². The summed E-state index contributed by atoms with van der Waals surface area (Å²) in [5.74, 6) is 1.81. The van der Waals surface area contributed by atoms with Gasteiger partial charge in [0.25, 0.3) is 0 Å². The van der Waals surface area contributed by atoms with Crippen LogP contribution in [-0.4, -0.2) is 17.4 Å². The van der Waals surface area contributed by atoms with Crippen LogP contribution in [0.15, 0.2) is 34.9 Å². The topological polar surface area (TPSA) is 58.4 Å². The Morgan fingerprint density at radius 3 is 2.80 bits per heavy atom. The van der Waals surface area contributed by atoms with Crippen LogP contribution in [0, 0.1) is 0 Å². The van der Waals surface area contributed by atoms with E-state index >= 15 is 0 Å². The number of hydrogen-bond donors (Lipinski definition) is 1. The second kappa shape index (κ2) is 7.00. The quantitative estimate of drug-likeness (QED) is 0.894. The molecule has 3 rings (SSSR count). The van der Waals surface area contributed by atoms with Crippen LogP contribution < -0.4 is 10.2 Å². The summed E-state index contributed by atoms with van der Waals surface area (Å²) in [7, 11) is 0. The first kappa shape index (κ1) is 17.7. The summed E-state index contributed by atoms with van der Waals surface area (Å²) in [5.41, 5.74) is 2.10. The fraction of sp³-hybridized carbons (Fsp3) is 0.500. The zero-order chi connectivity index (χ0) is 18.0. The molecule has 1 saturated heterocycles. The van der Waals surface area contributed by atoms with Crippen LogP contribution in [0.1, 0.15) is 63.8 Å². The second-order valence-electron chi connectivity index (χ2n) is 7.71. The van der Waals surface area contributed by atoms with E-state index in [4.69, 9.17) is 4.42 Å². The summed E-state index contributed by atoms with van der Waals surface area (Å²) < 4.78 is 5.83. The van der Waals surface area contributed by atoms with E-state index in [1.54, 1.807) is 6.20 Å². The number of rotatable bonds is 5. The van der Waals surface area contributed by atoms with Gasteiger partial charge in [-0.05, 0) is 31.0 Å². The largest absolute Gasteiger partial charge is 0.444 e. The maximum Gasteiger partial charge on any atom is 0.227 e. The first-order valence-electron chi connectivity index (χ1n) is 8.93. The van der Waals surface area contributed by atoms with Crippen LogP contribution in [0.4, 0.5) is 5.69 Å². The van der Waals surface area contributed by atoms with Crippen molar-refractivity contribution in [2.75, 3.05) is 11.4 Å². The second-order valence-corrected chi connectivity index (χ2v) is 7.71. The molecule has 5 nitrogen and oxygen atoms in total. The molecule has 0 unspecified atom stereocenters. The van der Waals surface area contributed by atoms with Gasteiger partial charge >= 0.3 is 0 Å². The molecule has 1 aliphatic heterocycles. The molecule has 0 radical (unpaired) electrons. The number of carbonyl (C=O) groups is 1. The highest BCUT2D eigenvalue weighted by molar-refractivity contribution is 5.95. The number of amides is 1. The predicted octanol–water partition coefficient (Wildman–Crippen LogP) is 3.95. The molecule has 134 valence electrons. The van der Waals surface area contributed by atoms with Gasteiger partial charge in [-0.25, -0.2) is 4.98 Å². The van der Waals surface area contributed by atoms with Crippen molar-refractivity contribution in [2.24, 2.45) is 0 Å². The van der Waals surface area contributed by atoms with Crippen LogP contribution in [0.25, 0.3) is 0 Å². The van der Waals surface area contributed by atoms with Gasteiger partial charge in [0, 0.05) is 30.1 Å². The van der Waals surface area contributed by atoms with Crippen molar-refractivity contribution in [2.45, 2.75) is 58.5 Å². The Kier molecular flexibility index (Phi) is 4.95. The summed E-state index contributed by atoms with van der Waals surface area (Å²) in [4.78, 5) is 18.2. The Bertz CT molecular complexity index is 745. The number of oxazole rings is 1. The summed E-state index contributed by atoms with van der Waals surface area (Å²) in [5, 5.41) is 3.45. The van der Waals surface area contributed by atoms with Crippen LogP contribution in [0.5, 0.6) is 0 Å². The number of benzene rings is 1. The normalized spacial score (nSPS) is 16.5. The Morgan fingerprint density at radius 2 is 2.16 bits per heavy atom. The van der Waals surface area contributed by atoms with Crippen molar-refractivity contribution in [3.63, 3.8) is 0 Å². The minimum absolute atomic E-state index is 0.0343. The summed E-state index contributed by atoms with van der Waals surface area (Å²) in [6.07, 6.45) is 3.40. The molecule has 0 bridgehead atoms. The van der Waals surface area contributed by atoms with Crippen LogP contribution >= 0.6 is 0 Å². The van der Waals surface area contributed by atoms with E-state index in [2.05, 4.69) is 50.1 Å². The number of hydrogen-bond acceptors (Lipinski definition) is 4. The van der Waals surface area contributed by atoms with Crippen LogP contribution in [-0.2, 0) is 16.8 Å². The van der Waals surface area contributed by atoms with Gasteiger partial charge in [0.05, 0.1) is 12.7 Å². The SMILES string of the molecule is C[C@@H](NCc1ncc(C(C)(C)C)o1)c1cccc(N2CCCC2=O)c1. The minimum Gasteiger partial charge on any atom is -0.444 e. The van der Waals surface area contributed by atoms with E-state index in [1.807, 2.05) is 17.0 Å². The lowest BCUT2D eigenvalue weighted by Crippen LogP contribution is -2.24. The van der Waals surface area contributed by atoms with Crippen molar-refractivity contribution in [1.29, 1.82) is 0 Å². The number of aromatic nitrogens is 1. The monoisotopic (exact) mass is 341 g/mol. The van der Waals surface area contributed by atoms with Gasteiger partial charge in [0.15, 0.2) is 0 Å². The summed E-state index contributed by atoms with van der Waals surface area (Å²) >= 11 is 0. The molecule has 1 aliphatic rings. The van der Waals surface area contributed by atoms with Crippen LogP contribution in [0.2, 0.25) is 0 Å². The summed E-state index contributed by atoms with van der Waals surface area (Å²) in [6.45, 7) is 9.83. The zero-order valence-corrected chi connectivity index (χ0v) is 15.5. The Morgan fingerprint density at radius 1 is 1.36 bits per heavy atom. The Labute approximate surface area is 149 Å². The highest BCUT2D eigenvalue weighted by Gasteiger charge is 2.22. The first-order chi connectivity index (χ1) is 11.8. The third-order valence-corrected chi connectivity index (χ3v) is 4.61. The molecule has 25 heavy (non-hydrogen) atoms. The molecule has 1 atom stereocenters.